The number of rotatable bonds is 5. The molecule has 28 heavy (non-hydrogen) atoms. The van der Waals surface area contributed by atoms with Crippen molar-refractivity contribution in [1.82, 2.24) is 15.3 Å². The fourth-order valence-corrected chi connectivity index (χ4v) is 3.21. The first-order valence-corrected chi connectivity index (χ1v) is 9.05. The number of amides is 1. The number of hydrogen-bond donors (Lipinski definition) is 2. The standard InChI is InChI=1S/C20H20F2N4O2/c1-10(13-5-4-12(21)8-14(13)22)25-18(27)15-11(2)28-19-16(15)17(23-9-24-19)26-20(3)6-7-20/h4-5,8-10H,6-7H2,1-3H3,(H,25,27)(H,23,24,26). The first-order valence-electron chi connectivity index (χ1n) is 9.05. The molecule has 0 spiro atoms. The number of carbonyl (C=O) groups excluding carboxylic acids is 1. The van der Waals surface area contributed by atoms with Gasteiger partial charge in [0.05, 0.1) is 17.0 Å². The predicted molar refractivity (Wildman–Crippen MR) is 100 cm³/mol. The Morgan fingerprint density at radius 1 is 1.29 bits per heavy atom. The van der Waals surface area contributed by atoms with Crippen molar-refractivity contribution < 1.29 is 18.0 Å². The quantitative estimate of drug-likeness (QED) is 0.685. The van der Waals surface area contributed by atoms with Crippen LogP contribution in [0.1, 0.15) is 54.4 Å². The molecule has 1 unspecified atom stereocenters. The van der Waals surface area contributed by atoms with Gasteiger partial charge < -0.3 is 15.1 Å². The summed E-state index contributed by atoms with van der Waals surface area (Å²) in [4.78, 5) is 21.4. The fourth-order valence-electron chi connectivity index (χ4n) is 3.21. The molecular formula is C20H20F2N4O2. The van der Waals surface area contributed by atoms with E-state index in [1.165, 1.54) is 12.4 Å². The second kappa shape index (κ2) is 6.54. The van der Waals surface area contributed by atoms with Gasteiger partial charge in [-0.05, 0) is 39.7 Å². The van der Waals surface area contributed by atoms with Crippen LogP contribution in [-0.4, -0.2) is 21.4 Å². The van der Waals surface area contributed by atoms with Crippen LogP contribution in [0.5, 0.6) is 0 Å². The molecule has 1 aromatic carbocycles. The van der Waals surface area contributed by atoms with Crippen molar-refractivity contribution in [1.29, 1.82) is 0 Å². The number of benzene rings is 1. The molecule has 1 fully saturated rings. The minimum absolute atomic E-state index is 0.0509. The Morgan fingerprint density at radius 3 is 2.71 bits per heavy atom. The topological polar surface area (TPSA) is 80.1 Å². The van der Waals surface area contributed by atoms with E-state index in [-0.39, 0.29) is 11.1 Å². The number of furan rings is 1. The Kier molecular flexibility index (Phi) is 4.28. The van der Waals surface area contributed by atoms with Crippen LogP contribution < -0.4 is 10.6 Å². The maximum absolute atomic E-state index is 14.0. The summed E-state index contributed by atoms with van der Waals surface area (Å²) >= 11 is 0. The number of aromatic nitrogens is 2. The van der Waals surface area contributed by atoms with Gasteiger partial charge in [-0.15, -0.1) is 0 Å². The van der Waals surface area contributed by atoms with Gasteiger partial charge in [-0.2, -0.15) is 0 Å². The minimum atomic E-state index is -0.714. The third-order valence-electron chi connectivity index (χ3n) is 5.09. The van der Waals surface area contributed by atoms with Crippen LogP contribution >= 0.6 is 0 Å². The molecule has 6 nitrogen and oxygen atoms in total. The van der Waals surface area contributed by atoms with Crippen molar-refractivity contribution in [2.75, 3.05) is 5.32 Å². The summed E-state index contributed by atoms with van der Waals surface area (Å²) in [6.07, 6.45) is 3.41. The molecule has 4 rings (SSSR count). The Balaban J connectivity index is 1.68. The van der Waals surface area contributed by atoms with Crippen LogP contribution in [0, 0.1) is 18.6 Å². The van der Waals surface area contributed by atoms with E-state index in [1.54, 1.807) is 13.8 Å². The van der Waals surface area contributed by atoms with Gasteiger partial charge >= 0.3 is 0 Å². The summed E-state index contributed by atoms with van der Waals surface area (Å²) in [5, 5.41) is 6.60. The number of aryl methyl sites for hydroxylation is 1. The van der Waals surface area contributed by atoms with E-state index < -0.39 is 23.6 Å². The van der Waals surface area contributed by atoms with E-state index in [0.29, 0.717) is 28.2 Å². The summed E-state index contributed by atoms with van der Waals surface area (Å²) in [7, 11) is 0. The van der Waals surface area contributed by atoms with Gasteiger partial charge in [0.25, 0.3) is 5.91 Å². The Morgan fingerprint density at radius 2 is 2.04 bits per heavy atom. The van der Waals surface area contributed by atoms with E-state index in [4.69, 9.17) is 4.42 Å². The second-order valence-electron chi connectivity index (χ2n) is 7.48. The lowest BCUT2D eigenvalue weighted by atomic mass is 10.1. The number of anilines is 1. The molecule has 0 saturated heterocycles. The average Bonchev–Trinajstić information content (AvgIpc) is 3.23. The van der Waals surface area contributed by atoms with Crippen LogP contribution in [0.15, 0.2) is 28.9 Å². The van der Waals surface area contributed by atoms with Gasteiger partial charge in [-0.3, -0.25) is 4.79 Å². The maximum Gasteiger partial charge on any atom is 0.256 e. The summed E-state index contributed by atoms with van der Waals surface area (Å²) in [6, 6.07) is 2.61. The molecule has 2 N–H and O–H groups in total. The van der Waals surface area contributed by atoms with E-state index in [0.717, 1.165) is 25.0 Å². The number of carbonyl (C=O) groups is 1. The number of hydrogen-bond acceptors (Lipinski definition) is 5. The lowest BCUT2D eigenvalue weighted by Crippen LogP contribution is -2.28. The molecule has 1 aliphatic carbocycles. The highest BCUT2D eigenvalue weighted by molar-refractivity contribution is 6.10. The van der Waals surface area contributed by atoms with Crippen molar-refractivity contribution in [3.8, 4) is 0 Å². The molecule has 2 aromatic heterocycles. The molecule has 1 atom stereocenters. The van der Waals surface area contributed by atoms with Gasteiger partial charge in [0.1, 0.15) is 29.5 Å². The smallest absolute Gasteiger partial charge is 0.256 e. The molecular weight excluding hydrogens is 366 g/mol. The number of fused-ring (bicyclic) bond motifs is 1. The monoisotopic (exact) mass is 386 g/mol. The van der Waals surface area contributed by atoms with Crippen LogP contribution in [0.25, 0.3) is 11.1 Å². The molecule has 1 saturated carbocycles. The highest BCUT2D eigenvalue weighted by Crippen LogP contribution is 2.40. The van der Waals surface area contributed by atoms with Gasteiger partial charge in [-0.25, -0.2) is 18.7 Å². The zero-order valence-corrected chi connectivity index (χ0v) is 15.8. The molecule has 8 heteroatoms. The van der Waals surface area contributed by atoms with Crippen LogP contribution in [0.2, 0.25) is 0 Å². The van der Waals surface area contributed by atoms with Crippen molar-refractivity contribution in [2.24, 2.45) is 0 Å². The molecule has 0 bridgehead atoms. The Hall–Kier alpha value is -3.03. The normalized spacial score (nSPS) is 16.0. The van der Waals surface area contributed by atoms with Crippen molar-refractivity contribution >= 4 is 22.8 Å². The molecule has 2 heterocycles. The first-order chi connectivity index (χ1) is 13.3. The van der Waals surface area contributed by atoms with Crippen LogP contribution in [0.3, 0.4) is 0 Å². The molecule has 1 aliphatic rings. The number of nitrogens with one attached hydrogen (secondary N) is 2. The minimum Gasteiger partial charge on any atom is -0.442 e. The van der Waals surface area contributed by atoms with Crippen LogP contribution in [0.4, 0.5) is 14.6 Å². The van der Waals surface area contributed by atoms with E-state index in [1.807, 2.05) is 0 Å². The summed E-state index contributed by atoms with van der Waals surface area (Å²) < 4.78 is 32.8. The van der Waals surface area contributed by atoms with E-state index >= 15 is 0 Å². The molecule has 146 valence electrons. The molecule has 1 amide bonds. The van der Waals surface area contributed by atoms with Crippen molar-refractivity contribution in [3.05, 3.63) is 53.0 Å². The highest BCUT2D eigenvalue weighted by Gasteiger charge is 2.38. The fraction of sp³-hybridized carbons (Fsp3) is 0.350. The lowest BCUT2D eigenvalue weighted by Gasteiger charge is -2.16. The third-order valence-corrected chi connectivity index (χ3v) is 5.09. The molecule has 3 aromatic rings. The largest absolute Gasteiger partial charge is 0.442 e. The van der Waals surface area contributed by atoms with Gasteiger partial charge in [0, 0.05) is 17.2 Å². The number of halogens is 2. The summed E-state index contributed by atoms with van der Waals surface area (Å²) in [6.45, 7) is 5.38. The van der Waals surface area contributed by atoms with E-state index in [9.17, 15) is 13.6 Å². The zero-order chi connectivity index (χ0) is 20.1. The van der Waals surface area contributed by atoms with Gasteiger partial charge in [0.2, 0.25) is 5.71 Å². The molecule has 0 radical (unpaired) electrons. The summed E-state index contributed by atoms with van der Waals surface area (Å²) in [5.74, 6) is -0.894. The van der Waals surface area contributed by atoms with Gasteiger partial charge in [0.15, 0.2) is 0 Å². The van der Waals surface area contributed by atoms with Gasteiger partial charge in [-0.1, -0.05) is 6.07 Å². The second-order valence-corrected chi connectivity index (χ2v) is 7.48. The Labute approximate surface area is 160 Å². The van der Waals surface area contributed by atoms with Crippen molar-refractivity contribution in [3.63, 3.8) is 0 Å². The summed E-state index contributed by atoms with van der Waals surface area (Å²) in [5.41, 5.74) is 0.757. The highest BCUT2D eigenvalue weighted by atomic mass is 19.1. The van der Waals surface area contributed by atoms with Crippen LogP contribution in [-0.2, 0) is 0 Å². The average molecular weight is 386 g/mol. The van der Waals surface area contributed by atoms with E-state index in [2.05, 4.69) is 27.5 Å². The SMILES string of the molecule is Cc1oc2ncnc(NC3(C)CC3)c2c1C(=O)NC(C)c1ccc(F)cc1F. The number of nitrogens with zero attached hydrogens (tertiary/aromatic N) is 2. The van der Waals surface area contributed by atoms with Crippen molar-refractivity contribution in [2.45, 2.75) is 45.2 Å². The zero-order valence-electron chi connectivity index (χ0n) is 15.8. The molecule has 0 aliphatic heterocycles. The Bertz CT molecular complexity index is 1080. The third kappa shape index (κ3) is 3.30. The first kappa shape index (κ1) is 18.3. The lowest BCUT2D eigenvalue weighted by molar-refractivity contribution is 0.0939. The predicted octanol–water partition coefficient (Wildman–Crippen LogP) is 4.26. The maximum atomic E-state index is 14.0.